The van der Waals surface area contributed by atoms with E-state index in [9.17, 15) is 0 Å². The molecule has 1 heterocycles. The first-order chi connectivity index (χ1) is 9.63. The van der Waals surface area contributed by atoms with Gasteiger partial charge in [-0.3, -0.25) is 0 Å². The molecule has 0 saturated carbocycles. The van der Waals surface area contributed by atoms with Crippen molar-refractivity contribution in [3.63, 3.8) is 0 Å². The molecule has 20 heavy (non-hydrogen) atoms. The summed E-state index contributed by atoms with van der Waals surface area (Å²) in [5.41, 5.74) is 1.07. The van der Waals surface area contributed by atoms with E-state index in [2.05, 4.69) is 68.8 Å². The second-order valence-electron chi connectivity index (χ2n) is 4.27. The Morgan fingerprint density at radius 1 is 1.35 bits per heavy atom. The van der Waals surface area contributed by atoms with Crippen molar-refractivity contribution in [2.24, 2.45) is 0 Å². The van der Waals surface area contributed by atoms with Gasteiger partial charge < -0.3 is 14.4 Å². The van der Waals surface area contributed by atoms with E-state index in [4.69, 9.17) is 21.7 Å². The number of hydrogen-bond donors (Lipinski definition) is 0. The summed E-state index contributed by atoms with van der Waals surface area (Å²) in [6, 6.07) is 4.16. The normalized spacial score (nSPS) is 15.0. The monoisotopic (exact) mass is 515 g/mol. The van der Waals surface area contributed by atoms with Gasteiger partial charge in [0, 0.05) is 18.7 Å². The summed E-state index contributed by atoms with van der Waals surface area (Å²) < 4.78 is 13.2. The maximum absolute atomic E-state index is 5.69. The minimum absolute atomic E-state index is 0.513. The molecule has 1 aromatic rings. The molecule has 0 aromatic heterocycles. The molecule has 0 unspecified atom stereocenters. The lowest BCUT2D eigenvalue weighted by molar-refractivity contribution is 0.0693. The van der Waals surface area contributed by atoms with Gasteiger partial charge in [0.25, 0.3) is 0 Å². The zero-order valence-corrected chi connectivity index (χ0v) is 16.0. The van der Waals surface area contributed by atoms with Crippen molar-refractivity contribution in [1.82, 2.24) is 4.90 Å². The number of halogens is 2. The zero-order valence-electron chi connectivity index (χ0n) is 10.9. The van der Waals surface area contributed by atoms with Gasteiger partial charge in [-0.15, -0.1) is 0 Å². The van der Waals surface area contributed by atoms with Crippen LogP contribution >= 0.6 is 57.4 Å². The molecule has 3 nitrogen and oxygen atoms in total. The molecular formula is C14H15I2NO2S. The third-order valence-electron chi connectivity index (χ3n) is 2.89. The van der Waals surface area contributed by atoms with Gasteiger partial charge in [0.15, 0.2) is 0 Å². The second-order valence-corrected chi connectivity index (χ2v) is 6.98. The van der Waals surface area contributed by atoms with Crippen molar-refractivity contribution in [3.8, 4) is 5.75 Å². The van der Waals surface area contributed by atoms with Crippen LogP contribution in [0.2, 0.25) is 0 Å². The Morgan fingerprint density at radius 3 is 2.50 bits per heavy atom. The quantitative estimate of drug-likeness (QED) is 0.348. The van der Waals surface area contributed by atoms with Gasteiger partial charge in [0.05, 0.1) is 20.4 Å². The summed E-state index contributed by atoms with van der Waals surface area (Å²) >= 11 is 10.2. The number of hydrogen-bond acceptors (Lipinski definition) is 3. The number of morpholine rings is 1. The van der Waals surface area contributed by atoms with E-state index in [0.717, 1.165) is 49.7 Å². The summed E-state index contributed by atoms with van der Waals surface area (Å²) in [4.78, 5) is 3.09. The Morgan fingerprint density at radius 2 is 1.95 bits per heavy atom. The lowest BCUT2D eigenvalue weighted by Crippen LogP contribution is -2.40. The van der Waals surface area contributed by atoms with Crippen LogP contribution in [0.4, 0.5) is 0 Å². The zero-order chi connectivity index (χ0) is 14.5. The number of benzene rings is 1. The highest BCUT2D eigenvalue weighted by Gasteiger charge is 2.17. The predicted octanol–water partition coefficient (Wildman–Crippen LogP) is 3.47. The molecule has 2 rings (SSSR count). The first kappa shape index (κ1) is 16.4. The van der Waals surface area contributed by atoms with E-state index in [1.54, 1.807) is 6.08 Å². The fourth-order valence-electron chi connectivity index (χ4n) is 1.91. The summed E-state index contributed by atoms with van der Waals surface area (Å²) in [6.45, 7) is 7.40. The Bertz CT molecular complexity index is 493. The second kappa shape index (κ2) is 7.90. The van der Waals surface area contributed by atoms with Crippen LogP contribution in [0.5, 0.6) is 5.75 Å². The van der Waals surface area contributed by atoms with Crippen molar-refractivity contribution < 1.29 is 9.47 Å². The van der Waals surface area contributed by atoms with E-state index in [-0.39, 0.29) is 0 Å². The molecule has 1 aliphatic heterocycles. The van der Waals surface area contributed by atoms with E-state index in [1.165, 1.54) is 0 Å². The van der Waals surface area contributed by atoms with Crippen LogP contribution in [-0.2, 0) is 4.74 Å². The summed E-state index contributed by atoms with van der Waals surface area (Å²) in [5, 5.41) is 0. The van der Waals surface area contributed by atoms with Gasteiger partial charge in [-0.1, -0.05) is 24.9 Å². The van der Waals surface area contributed by atoms with Crippen LogP contribution in [0.15, 0.2) is 24.8 Å². The average Bonchev–Trinajstić information content (AvgIpc) is 2.46. The third kappa shape index (κ3) is 4.05. The van der Waals surface area contributed by atoms with Gasteiger partial charge in [-0.05, 0) is 57.3 Å². The van der Waals surface area contributed by atoms with Gasteiger partial charge >= 0.3 is 0 Å². The van der Waals surface area contributed by atoms with Gasteiger partial charge in [0.2, 0.25) is 0 Å². The smallest absolute Gasteiger partial charge is 0.146 e. The topological polar surface area (TPSA) is 21.7 Å². The first-order valence-electron chi connectivity index (χ1n) is 6.23. The van der Waals surface area contributed by atoms with Crippen LogP contribution in [0.3, 0.4) is 0 Å². The first-order valence-corrected chi connectivity index (χ1v) is 8.80. The Kier molecular flexibility index (Phi) is 6.50. The van der Waals surface area contributed by atoms with Crippen LogP contribution in [0.1, 0.15) is 5.56 Å². The van der Waals surface area contributed by atoms with Crippen LogP contribution in [0.25, 0.3) is 0 Å². The molecule has 0 aliphatic carbocycles. The Balaban J connectivity index is 2.20. The fraction of sp³-hybridized carbons (Fsp3) is 0.357. The molecule has 0 N–H and O–H groups in total. The molecule has 0 radical (unpaired) electrons. The largest absolute Gasteiger partial charge is 0.487 e. The molecule has 1 saturated heterocycles. The number of nitrogens with zero attached hydrogens (tertiary/aromatic N) is 1. The highest BCUT2D eigenvalue weighted by molar-refractivity contribution is 14.1. The predicted molar refractivity (Wildman–Crippen MR) is 102 cm³/mol. The number of thiocarbonyl (C=S) groups is 1. The maximum Gasteiger partial charge on any atom is 0.146 e. The van der Waals surface area contributed by atoms with Gasteiger partial charge in [0.1, 0.15) is 17.3 Å². The lowest BCUT2D eigenvalue weighted by Gasteiger charge is -2.29. The van der Waals surface area contributed by atoms with Crippen LogP contribution in [0, 0.1) is 7.14 Å². The molecule has 6 heteroatoms. The minimum Gasteiger partial charge on any atom is -0.487 e. The third-order valence-corrected chi connectivity index (χ3v) is 4.99. The highest BCUT2D eigenvalue weighted by Crippen LogP contribution is 2.29. The summed E-state index contributed by atoms with van der Waals surface area (Å²) in [7, 11) is 0. The molecule has 108 valence electrons. The lowest BCUT2D eigenvalue weighted by atomic mass is 10.2. The average molecular weight is 515 g/mol. The molecular weight excluding hydrogens is 500 g/mol. The fourth-order valence-corrected chi connectivity index (χ4v) is 4.29. The minimum atomic E-state index is 0.513. The van der Waals surface area contributed by atoms with E-state index < -0.39 is 0 Å². The molecule has 1 aliphatic rings. The van der Waals surface area contributed by atoms with Crippen molar-refractivity contribution in [2.75, 3.05) is 32.9 Å². The highest BCUT2D eigenvalue weighted by atomic mass is 127. The van der Waals surface area contributed by atoms with E-state index in [1.807, 2.05) is 0 Å². The molecule has 0 bridgehead atoms. The number of rotatable bonds is 4. The van der Waals surface area contributed by atoms with Crippen molar-refractivity contribution in [3.05, 3.63) is 37.5 Å². The molecule has 0 amide bonds. The van der Waals surface area contributed by atoms with Gasteiger partial charge in [-0.25, -0.2) is 0 Å². The van der Waals surface area contributed by atoms with Crippen LogP contribution < -0.4 is 4.74 Å². The molecule has 0 atom stereocenters. The van der Waals surface area contributed by atoms with Crippen molar-refractivity contribution >= 4 is 62.4 Å². The van der Waals surface area contributed by atoms with Crippen LogP contribution in [-0.4, -0.2) is 42.8 Å². The Hall–Kier alpha value is 0.0700. The Labute approximate surface area is 152 Å². The van der Waals surface area contributed by atoms with Crippen molar-refractivity contribution in [2.45, 2.75) is 0 Å². The molecule has 1 fully saturated rings. The van der Waals surface area contributed by atoms with E-state index >= 15 is 0 Å². The SMILES string of the molecule is C=CCOc1c(I)cc(C(=S)N2CCOCC2)cc1I. The number of ether oxygens (including phenoxy) is 2. The molecule has 1 aromatic carbocycles. The summed E-state index contributed by atoms with van der Waals surface area (Å²) in [6.07, 6.45) is 1.75. The van der Waals surface area contributed by atoms with E-state index in [0.29, 0.717) is 6.61 Å². The van der Waals surface area contributed by atoms with Crippen molar-refractivity contribution in [1.29, 1.82) is 0 Å². The van der Waals surface area contributed by atoms with Gasteiger partial charge in [-0.2, -0.15) is 0 Å². The summed E-state index contributed by atoms with van der Waals surface area (Å²) in [5.74, 6) is 0.902. The standard InChI is InChI=1S/C14H15I2NO2S/c1-2-5-19-13-11(15)8-10(9-12(13)16)14(20)17-3-6-18-7-4-17/h2,8-9H,1,3-7H2. The maximum atomic E-state index is 5.69. The molecule has 0 spiro atoms.